The molecule has 0 aliphatic carbocycles. The minimum Gasteiger partial charge on any atom is -0.360 e. The van der Waals surface area contributed by atoms with E-state index in [1.54, 1.807) is 25.1 Å². The first-order valence-corrected chi connectivity index (χ1v) is 8.03. The molecule has 7 nitrogen and oxygen atoms in total. The van der Waals surface area contributed by atoms with Crippen LogP contribution < -0.4 is 10.6 Å². The first-order chi connectivity index (χ1) is 12.4. The lowest BCUT2D eigenvalue weighted by atomic mass is 10.1. The molecule has 2 amide bonds. The highest BCUT2D eigenvalue weighted by atomic mass is 16.5. The molecule has 0 aliphatic heterocycles. The molecule has 0 aliphatic rings. The van der Waals surface area contributed by atoms with Gasteiger partial charge in [-0.2, -0.15) is 0 Å². The molecule has 0 spiro atoms. The first-order valence-electron chi connectivity index (χ1n) is 8.03. The molecule has 2 aromatic heterocycles. The normalized spacial score (nSPS) is 10.4. The van der Waals surface area contributed by atoms with Crippen LogP contribution in [0.15, 0.2) is 47.0 Å². The van der Waals surface area contributed by atoms with E-state index < -0.39 is 5.91 Å². The van der Waals surface area contributed by atoms with Crippen LogP contribution in [0.1, 0.15) is 37.9 Å². The zero-order valence-electron chi connectivity index (χ0n) is 14.7. The third-order valence-corrected chi connectivity index (χ3v) is 3.94. The van der Waals surface area contributed by atoms with Crippen LogP contribution in [0.25, 0.3) is 0 Å². The summed E-state index contributed by atoms with van der Waals surface area (Å²) in [6.45, 7) is 5.63. The van der Waals surface area contributed by atoms with E-state index in [1.165, 1.54) is 6.07 Å². The van der Waals surface area contributed by atoms with Crippen LogP contribution >= 0.6 is 0 Å². The van der Waals surface area contributed by atoms with Gasteiger partial charge in [0.1, 0.15) is 17.1 Å². The first kappa shape index (κ1) is 17.3. The Kier molecular flexibility index (Phi) is 4.79. The predicted octanol–water partition coefficient (Wildman–Crippen LogP) is 3.50. The smallest absolute Gasteiger partial charge is 0.275 e. The van der Waals surface area contributed by atoms with Crippen LogP contribution in [-0.4, -0.2) is 22.0 Å². The highest BCUT2D eigenvalue weighted by Crippen LogP contribution is 2.18. The van der Waals surface area contributed by atoms with Gasteiger partial charge in [-0.15, -0.1) is 0 Å². The van der Waals surface area contributed by atoms with Crippen molar-refractivity contribution in [3.8, 4) is 0 Å². The van der Waals surface area contributed by atoms with Gasteiger partial charge in [-0.1, -0.05) is 23.4 Å². The molecule has 1 aromatic carbocycles. The zero-order valence-corrected chi connectivity index (χ0v) is 14.7. The van der Waals surface area contributed by atoms with Crippen molar-refractivity contribution in [1.29, 1.82) is 0 Å². The molecular weight excluding hydrogens is 332 g/mol. The van der Waals surface area contributed by atoms with Gasteiger partial charge >= 0.3 is 0 Å². The van der Waals surface area contributed by atoms with Gasteiger partial charge in [-0.05, 0) is 50.1 Å². The average molecular weight is 350 g/mol. The maximum absolute atomic E-state index is 12.5. The van der Waals surface area contributed by atoms with Gasteiger partial charge in [0.2, 0.25) is 0 Å². The maximum atomic E-state index is 12.5. The number of nitrogens with one attached hydrogen (secondary N) is 2. The number of carbonyl (C=O) groups is 2. The molecular formula is C19H18N4O3. The van der Waals surface area contributed by atoms with E-state index in [0.717, 1.165) is 11.1 Å². The average Bonchev–Trinajstić information content (AvgIpc) is 3.03. The third kappa shape index (κ3) is 3.77. The van der Waals surface area contributed by atoms with Crippen molar-refractivity contribution in [3.05, 3.63) is 70.7 Å². The maximum Gasteiger partial charge on any atom is 0.275 e. The Hall–Kier alpha value is -3.48. The van der Waals surface area contributed by atoms with Crippen molar-refractivity contribution in [3.63, 3.8) is 0 Å². The van der Waals surface area contributed by atoms with Gasteiger partial charge in [0.25, 0.3) is 11.8 Å². The summed E-state index contributed by atoms with van der Waals surface area (Å²) in [6.07, 6.45) is 0. The fourth-order valence-corrected chi connectivity index (χ4v) is 2.37. The van der Waals surface area contributed by atoms with Gasteiger partial charge in [-0.3, -0.25) is 9.59 Å². The van der Waals surface area contributed by atoms with E-state index >= 15 is 0 Å². The largest absolute Gasteiger partial charge is 0.360 e. The van der Waals surface area contributed by atoms with Crippen LogP contribution in [0, 0.1) is 20.8 Å². The quantitative estimate of drug-likeness (QED) is 0.750. The molecule has 3 rings (SSSR count). The molecule has 0 saturated carbocycles. The predicted molar refractivity (Wildman–Crippen MR) is 97.3 cm³/mol. The molecule has 0 atom stereocenters. The molecule has 2 heterocycles. The third-order valence-electron chi connectivity index (χ3n) is 3.94. The van der Waals surface area contributed by atoms with Gasteiger partial charge in [-0.25, -0.2) is 4.98 Å². The summed E-state index contributed by atoms with van der Waals surface area (Å²) in [4.78, 5) is 28.9. The van der Waals surface area contributed by atoms with Crippen molar-refractivity contribution in [1.82, 2.24) is 10.1 Å². The number of benzene rings is 1. The van der Waals surface area contributed by atoms with Gasteiger partial charge in [0.15, 0.2) is 5.82 Å². The van der Waals surface area contributed by atoms with Crippen molar-refractivity contribution < 1.29 is 14.1 Å². The van der Waals surface area contributed by atoms with Gasteiger partial charge in [0.05, 0.1) is 0 Å². The molecule has 0 unspecified atom stereocenters. The summed E-state index contributed by atoms with van der Waals surface area (Å²) in [6, 6.07) is 11.9. The number of pyridine rings is 1. The zero-order chi connectivity index (χ0) is 18.7. The van der Waals surface area contributed by atoms with E-state index in [9.17, 15) is 9.59 Å². The van der Waals surface area contributed by atoms with Crippen molar-refractivity contribution in [2.24, 2.45) is 0 Å². The number of aryl methyl sites for hydroxylation is 2. The number of hydrogen-bond acceptors (Lipinski definition) is 5. The van der Waals surface area contributed by atoms with E-state index in [-0.39, 0.29) is 17.3 Å². The number of amides is 2. The van der Waals surface area contributed by atoms with E-state index in [1.807, 2.05) is 32.0 Å². The fraction of sp³-hybridized carbons (Fsp3) is 0.158. The monoisotopic (exact) mass is 350 g/mol. The molecule has 7 heteroatoms. The van der Waals surface area contributed by atoms with Crippen LogP contribution in [-0.2, 0) is 0 Å². The fourth-order valence-electron chi connectivity index (χ4n) is 2.37. The number of hydrogen-bond donors (Lipinski definition) is 2. The summed E-state index contributed by atoms with van der Waals surface area (Å²) >= 11 is 0. The van der Waals surface area contributed by atoms with Gasteiger partial charge in [0, 0.05) is 11.8 Å². The molecule has 0 bridgehead atoms. The molecule has 2 N–H and O–H groups in total. The Labute approximate surface area is 150 Å². The second-order valence-electron chi connectivity index (χ2n) is 5.89. The lowest BCUT2D eigenvalue weighted by molar-refractivity contribution is 0.101. The number of nitrogens with zero attached hydrogens (tertiary/aromatic N) is 2. The lowest BCUT2D eigenvalue weighted by Gasteiger charge is -2.10. The second-order valence-corrected chi connectivity index (χ2v) is 5.89. The summed E-state index contributed by atoms with van der Waals surface area (Å²) in [5.74, 6) is 0.0137. The number of rotatable bonds is 4. The molecule has 3 aromatic rings. The lowest BCUT2D eigenvalue weighted by Crippen LogP contribution is -2.19. The van der Waals surface area contributed by atoms with Crippen molar-refractivity contribution in [2.45, 2.75) is 20.8 Å². The van der Waals surface area contributed by atoms with Crippen LogP contribution in [0.3, 0.4) is 0 Å². The van der Waals surface area contributed by atoms with Crippen molar-refractivity contribution >= 4 is 23.3 Å². The molecule has 0 saturated heterocycles. The molecule has 26 heavy (non-hydrogen) atoms. The number of carbonyl (C=O) groups excluding carboxylic acids is 2. The summed E-state index contributed by atoms with van der Waals surface area (Å²) < 4.78 is 4.90. The van der Waals surface area contributed by atoms with Crippen LogP contribution in [0.5, 0.6) is 0 Å². The van der Waals surface area contributed by atoms with E-state index in [4.69, 9.17) is 4.52 Å². The Morgan fingerprint density at radius 3 is 2.23 bits per heavy atom. The number of anilines is 2. The van der Waals surface area contributed by atoms with E-state index in [0.29, 0.717) is 17.3 Å². The van der Waals surface area contributed by atoms with Crippen LogP contribution in [0.4, 0.5) is 11.5 Å². The minimum atomic E-state index is -0.473. The standard InChI is InChI=1S/C19H18N4O3/c1-11-6-4-7-14(13(11)3)21-18(24)15-8-5-9-16(20-15)19(25)22-17-10-12(2)26-23-17/h4-10H,1-3H3,(H,21,24)(H,22,23,25). The summed E-state index contributed by atoms with van der Waals surface area (Å²) in [5, 5.41) is 9.10. The molecule has 0 radical (unpaired) electrons. The Morgan fingerprint density at radius 1 is 0.923 bits per heavy atom. The minimum absolute atomic E-state index is 0.110. The summed E-state index contributed by atoms with van der Waals surface area (Å²) in [5.41, 5.74) is 3.03. The highest BCUT2D eigenvalue weighted by Gasteiger charge is 2.15. The summed E-state index contributed by atoms with van der Waals surface area (Å²) in [7, 11) is 0. The molecule has 0 fully saturated rings. The van der Waals surface area contributed by atoms with Gasteiger partial charge < -0.3 is 15.2 Å². The molecule has 132 valence electrons. The topological polar surface area (TPSA) is 97.1 Å². The Balaban J connectivity index is 1.76. The van der Waals surface area contributed by atoms with Crippen LogP contribution in [0.2, 0.25) is 0 Å². The SMILES string of the molecule is Cc1cc(NC(=O)c2cccc(C(=O)Nc3cccc(C)c3C)n2)no1. The Morgan fingerprint density at radius 2 is 1.58 bits per heavy atom. The highest BCUT2D eigenvalue weighted by molar-refractivity contribution is 6.06. The Bertz CT molecular complexity index is 978. The van der Waals surface area contributed by atoms with E-state index in [2.05, 4.69) is 20.8 Å². The number of aromatic nitrogens is 2. The second kappa shape index (κ2) is 7.18. The van der Waals surface area contributed by atoms with Crippen molar-refractivity contribution in [2.75, 3.05) is 10.6 Å².